The molecule has 1 aromatic heterocycles. The summed E-state index contributed by atoms with van der Waals surface area (Å²) in [5.41, 5.74) is 5.21. The molecule has 2 aliphatic rings. The first-order valence-corrected chi connectivity index (χ1v) is 12.0. The molecular weight excluding hydrogens is 414 g/mol. The number of aromatic amines is 1. The molecule has 2 saturated heterocycles. The predicted octanol–water partition coefficient (Wildman–Crippen LogP) is 4.66. The maximum Gasteiger partial charge on any atom is 0.257 e. The lowest BCUT2D eigenvalue weighted by molar-refractivity contribution is 0.102. The first-order chi connectivity index (χ1) is 16.1. The first kappa shape index (κ1) is 21.7. The van der Waals surface area contributed by atoms with Crippen LogP contribution in [0.2, 0.25) is 0 Å². The number of hydrogen-bond donors (Lipinski definition) is 2. The molecule has 6 heteroatoms. The smallest absolute Gasteiger partial charge is 0.257 e. The Balaban J connectivity index is 1.41. The topological polar surface area (TPSA) is 74.4 Å². The van der Waals surface area contributed by atoms with E-state index in [1.165, 1.54) is 5.56 Å². The SMILES string of the molecule is Cc1cc(=O)[nH]c2ccc(NC(=O)c3cc(CCC4CCOC4)ccc3N3CCCC3)cc12. The van der Waals surface area contributed by atoms with Gasteiger partial charge in [-0.05, 0) is 86.4 Å². The number of aryl methyl sites for hydroxylation is 2. The number of rotatable bonds is 6. The van der Waals surface area contributed by atoms with E-state index in [0.29, 0.717) is 5.92 Å². The van der Waals surface area contributed by atoms with Crippen LogP contribution in [0.1, 0.15) is 47.2 Å². The Hall–Kier alpha value is -3.12. The zero-order valence-electron chi connectivity index (χ0n) is 19.2. The third kappa shape index (κ3) is 4.81. The van der Waals surface area contributed by atoms with E-state index in [4.69, 9.17) is 4.74 Å². The van der Waals surface area contributed by atoms with Gasteiger partial charge in [0, 0.05) is 54.6 Å². The predicted molar refractivity (Wildman–Crippen MR) is 132 cm³/mol. The van der Waals surface area contributed by atoms with Gasteiger partial charge in [0.1, 0.15) is 0 Å². The van der Waals surface area contributed by atoms with Crippen molar-refractivity contribution in [3.8, 4) is 0 Å². The lowest BCUT2D eigenvalue weighted by atomic mass is 9.97. The van der Waals surface area contributed by atoms with Crippen molar-refractivity contribution in [2.75, 3.05) is 36.5 Å². The van der Waals surface area contributed by atoms with Gasteiger partial charge in [-0.2, -0.15) is 0 Å². The van der Waals surface area contributed by atoms with Crippen LogP contribution in [0.25, 0.3) is 10.9 Å². The molecule has 1 unspecified atom stereocenters. The summed E-state index contributed by atoms with van der Waals surface area (Å²) in [7, 11) is 0. The molecule has 1 amide bonds. The van der Waals surface area contributed by atoms with Crippen LogP contribution < -0.4 is 15.8 Å². The maximum absolute atomic E-state index is 13.5. The summed E-state index contributed by atoms with van der Waals surface area (Å²) in [5, 5.41) is 4.03. The van der Waals surface area contributed by atoms with Gasteiger partial charge < -0.3 is 19.9 Å². The lowest BCUT2D eigenvalue weighted by Crippen LogP contribution is -2.23. The molecule has 2 aromatic carbocycles. The Labute approximate surface area is 194 Å². The van der Waals surface area contributed by atoms with Crippen LogP contribution >= 0.6 is 0 Å². The van der Waals surface area contributed by atoms with E-state index in [-0.39, 0.29) is 11.5 Å². The molecule has 3 aromatic rings. The average Bonchev–Trinajstić information content (AvgIpc) is 3.52. The molecule has 3 heterocycles. The van der Waals surface area contributed by atoms with E-state index < -0.39 is 0 Å². The van der Waals surface area contributed by atoms with Crippen molar-refractivity contribution in [1.29, 1.82) is 0 Å². The highest BCUT2D eigenvalue weighted by atomic mass is 16.5. The number of H-pyrrole nitrogens is 1. The molecule has 0 aliphatic carbocycles. The highest BCUT2D eigenvalue weighted by molar-refractivity contribution is 6.09. The van der Waals surface area contributed by atoms with Crippen molar-refractivity contribution in [2.45, 2.75) is 39.0 Å². The summed E-state index contributed by atoms with van der Waals surface area (Å²) >= 11 is 0. The standard InChI is InChI=1S/C27H31N3O3/c1-18-14-26(31)29-24-8-7-21(16-22(18)24)28-27(32)23-15-19(4-5-20-10-13-33-17-20)6-9-25(23)30-11-2-3-12-30/h6-9,14-16,20H,2-5,10-13,17H2,1H3,(H,28,32)(H,29,31). The molecule has 2 fully saturated rings. The molecule has 172 valence electrons. The molecule has 6 nitrogen and oxygen atoms in total. The number of carbonyl (C=O) groups is 1. The van der Waals surface area contributed by atoms with E-state index in [2.05, 4.69) is 33.4 Å². The third-order valence-electron chi connectivity index (χ3n) is 6.93. The van der Waals surface area contributed by atoms with E-state index >= 15 is 0 Å². The zero-order valence-corrected chi connectivity index (χ0v) is 19.2. The largest absolute Gasteiger partial charge is 0.381 e. The highest BCUT2D eigenvalue weighted by Gasteiger charge is 2.21. The van der Waals surface area contributed by atoms with Crippen LogP contribution in [0.4, 0.5) is 11.4 Å². The van der Waals surface area contributed by atoms with E-state index in [1.807, 2.05) is 25.1 Å². The van der Waals surface area contributed by atoms with Crippen molar-refractivity contribution < 1.29 is 9.53 Å². The number of benzene rings is 2. The van der Waals surface area contributed by atoms with Crippen LogP contribution in [0.3, 0.4) is 0 Å². The Morgan fingerprint density at radius 2 is 2.00 bits per heavy atom. The molecule has 5 rings (SSSR count). The molecule has 0 radical (unpaired) electrons. The normalized spacial score (nSPS) is 18.2. The minimum Gasteiger partial charge on any atom is -0.381 e. The third-order valence-corrected chi connectivity index (χ3v) is 6.93. The molecule has 2 aliphatic heterocycles. The summed E-state index contributed by atoms with van der Waals surface area (Å²) in [5.74, 6) is 0.525. The van der Waals surface area contributed by atoms with Crippen LogP contribution in [0, 0.1) is 12.8 Å². The number of hydrogen-bond acceptors (Lipinski definition) is 4. The minimum atomic E-state index is -0.118. The monoisotopic (exact) mass is 445 g/mol. The van der Waals surface area contributed by atoms with Gasteiger partial charge in [0.05, 0.1) is 5.56 Å². The van der Waals surface area contributed by atoms with Gasteiger partial charge in [0.2, 0.25) is 5.56 Å². The average molecular weight is 446 g/mol. The number of pyridine rings is 1. The Bertz CT molecular complexity index is 1220. The first-order valence-electron chi connectivity index (χ1n) is 12.0. The van der Waals surface area contributed by atoms with E-state index in [0.717, 1.165) is 91.8 Å². The van der Waals surface area contributed by atoms with Crippen molar-refractivity contribution >= 4 is 28.2 Å². The van der Waals surface area contributed by atoms with Crippen molar-refractivity contribution in [1.82, 2.24) is 4.98 Å². The summed E-state index contributed by atoms with van der Waals surface area (Å²) < 4.78 is 5.52. The summed E-state index contributed by atoms with van der Waals surface area (Å²) in [6.45, 7) is 5.61. The number of nitrogens with one attached hydrogen (secondary N) is 2. The van der Waals surface area contributed by atoms with E-state index in [9.17, 15) is 9.59 Å². The lowest BCUT2D eigenvalue weighted by Gasteiger charge is -2.22. The summed E-state index contributed by atoms with van der Waals surface area (Å²) in [6.07, 6.45) is 5.49. The van der Waals surface area contributed by atoms with Gasteiger partial charge in [0.15, 0.2) is 0 Å². The molecular formula is C27H31N3O3. The van der Waals surface area contributed by atoms with Crippen molar-refractivity contribution in [2.24, 2.45) is 5.92 Å². The van der Waals surface area contributed by atoms with Gasteiger partial charge in [-0.15, -0.1) is 0 Å². The summed E-state index contributed by atoms with van der Waals surface area (Å²) in [4.78, 5) is 30.4. The highest BCUT2D eigenvalue weighted by Crippen LogP contribution is 2.29. The Morgan fingerprint density at radius 3 is 2.79 bits per heavy atom. The van der Waals surface area contributed by atoms with E-state index in [1.54, 1.807) is 6.07 Å². The maximum atomic E-state index is 13.5. The Kier molecular flexibility index (Phi) is 6.18. The summed E-state index contributed by atoms with van der Waals surface area (Å²) in [6, 6.07) is 13.6. The number of fused-ring (bicyclic) bond motifs is 1. The van der Waals surface area contributed by atoms with Crippen molar-refractivity contribution in [3.63, 3.8) is 0 Å². The number of aromatic nitrogens is 1. The Morgan fingerprint density at radius 1 is 1.15 bits per heavy atom. The molecule has 1 atom stereocenters. The van der Waals surface area contributed by atoms with Gasteiger partial charge in [-0.25, -0.2) is 0 Å². The number of carbonyl (C=O) groups excluding carboxylic acids is 1. The molecule has 2 N–H and O–H groups in total. The van der Waals surface area contributed by atoms with Crippen molar-refractivity contribution in [3.05, 3.63) is 69.5 Å². The van der Waals surface area contributed by atoms with Gasteiger partial charge >= 0.3 is 0 Å². The number of anilines is 2. The second-order valence-electron chi connectivity index (χ2n) is 9.35. The number of ether oxygens (including phenoxy) is 1. The van der Waals surface area contributed by atoms with Gasteiger partial charge in [0.25, 0.3) is 5.91 Å². The zero-order chi connectivity index (χ0) is 22.8. The second-order valence-corrected chi connectivity index (χ2v) is 9.35. The van der Waals surface area contributed by atoms with Crippen LogP contribution in [-0.2, 0) is 11.2 Å². The number of nitrogens with zero attached hydrogens (tertiary/aromatic N) is 1. The molecule has 0 spiro atoms. The second kappa shape index (κ2) is 9.40. The van der Waals surface area contributed by atoms with Crippen LogP contribution in [0.5, 0.6) is 0 Å². The number of amides is 1. The van der Waals surface area contributed by atoms with Crippen LogP contribution in [-0.4, -0.2) is 37.2 Å². The van der Waals surface area contributed by atoms with Gasteiger partial charge in [-0.3, -0.25) is 9.59 Å². The van der Waals surface area contributed by atoms with Gasteiger partial charge in [-0.1, -0.05) is 6.07 Å². The molecule has 0 saturated carbocycles. The fourth-order valence-corrected chi connectivity index (χ4v) is 5.04. The van der Waals surface area contributed by atoms with Crippen LogP contribution in [0.15, 0.2) is 47.3 Å². The quantitative estimate of drug-likeness (QED) is 0.579. The molecule has 33 heavy (non-hydrogen) atoms. The minimum absolute atomic E-state index is 0.0932. The fraction of sp³-hybridized carbons (Fsp3) is 0.407. The molecule has 0 bridgehead atoms. The fourth-order valence-electron chi connectivity index (χ4n) is 5.04.